The second kappa shape index (κ2) is 10.4. The summed E-state index contributed by atoms with van der Waals surface area (Å²) in [5, 5.41) is 2.40. The number of carbonyl (C=O) groups excluding carboxylic acids is 1. The van der Waals surface area contributed by atoms with E-state index in [1.165, 1.54) is 30.1 Å². The molecule has 1 aromatic heterocycles. The van der Waals surface area contributed by atoms with Crippen molar-refractivity contribution in [2.75, 3.05) is 24.3 Å². The van der Waals surface area contributed by atoms with E-state index in [4.69, 9.17) is 9.47 Å². The lowest BCUT2D eigenvalue weighted by Gasteiger charge is -2.14. The average Bonchev–Trinajstić information content (AvgIpc) is 2.79. The maximum absolute atomic E-state index is 12.6. The van der Waals surface area contributed by atoms with E-state index in [2.05, 4.69) is 15.0 Å². The fraction of sp³-hybridized carbons (Fsp3) is 0.182. The number of amides is 1. The molecule has 1 atom stereocenters. The molecular weight excluding hydrogens is 450 g/mol. The minimum absolute atomic E-state index is 0.0638. The van der Waals surface area contributed by atoms with Gasteiger partial charge in [-0.3, -0.25) is 9.52 Å². The minimum atomic E-state index is -3.78. The first-order chi connectivity index (χ1) is 15.3. The number of hydrogen-bond donors (Lipinski definition) is 2. The third-order valence-electron chi connectivity index (χ3n) is 4.37. The van der Waals surface area contributed by atoms with Gasteiger partial charge in [0.1, 0.15) is 5.82 Å². The molecule has 10 heteroatoms. The summed E-state index contributed by atoms with van der Waals surface area (Å²) in [6.45, 7) is 1.78. The van der Waals surface area contributed by atoms with Crippen molar-refractivity contribution >= 4 is 39.2 Å². The van der Waals surface area contributed by atoms with Crippen LogP contribution in [0.25, 0.3) is 0 Å². The van der Waals surface area contributed by atoms with Crippen LogP contribution in [-0.4, -0.2) is 38.8 Å². The highest BCUT2D eigenvalue weighted by molar-refractivity contribution is 8.00. The van der Waals surface area contributed by atoms with Gasteiger partial charge in [0.15, 0.2) is 11.5 Å². The summed E-state index contributed by atoms with van der Waals surface area (Å²) in [6, 6.07) is 16.3. The molecule has 1 amide bonds. The zero-order valence-electron chi connectivity index (χ0n) is 17.7. The minimum Gasteiger partial charge on any atom is -0.493 e. The number of ether oxygens (including phenoxy) is 2. The molecule has 2 N–H and O–H groups in total. The highest BCUT2D eigenvalue weighted by Crippen LogP contribution is 2.33. The molecule has 3 aromatic rings. The molecule has 0 spiro atoms. The molecule has 0 saturated carbocycles. The Bertz CT molecular complexity index is 1170. The molecule has 0 unspecified atom stereocenters. The lowest BCUT2D eigenvalue weighted by atomic mass is 10.3. The van der Waals surface area contributed by atoms with Crippen molar-refractivity contribution in [2.45, 2.75) is 22.0 Å². The number of hydrogen-bond acceptors (Lipinski definition) is 7. The van der Waals surface area contributed by atoms with Gasteiger partial charge in [-0.25, -0.2) is 13.4 Å². The summed E-state index contributed by atoms with van der Waals surface area (Å²) in [5.41, 5.74) is 0.492. The monoisotopic (exact) mass is 473 g/mol. The van der Waals surface area contributed by atoms with Crippen LogP contribution in [0.15, 0.2) is 76.7 Å². The fourth-order valence-electron chi connectivity index (χ4n) is 2.73. The largest absolute Gasteiger partial charge is 0.493 e. The third kappa shape index (κ3) is 5.92. The summed E-state index contributed by atoms with van der Waals surface area (Å²) in [5.74, 6) is 1.21. The van der Waals surface area contributed by atoms with Gasteiger partial charge in [0.2, 0.25) is 5.91 Å². The van der Waals surface area contributed by atoms with E-state index in [-0.39, 0.29) is 16.6 Å². The van der Waals surface area contributed by atoms with Crippen molar-refractivity contribution in [3.8, 4) is 11.5 Å². The Morgan fingerprint density at radius 3 is 2.34 bits per heavy atom. The van der Waals surface area contributed by atoms with Crippen LogP contribution in [0.4, 0.5) is 11.5 Å². The van der Waals surface area contributed by atoms with Crippen LogP contribution >= 0.6 is 11.8 Å². The number of nitrogens with zero attached hydrogens (tertiary/aromatic N) is 1. The van der Waals surface area contributed by atoms with Crippen LogP contribution < -0.4 is 19.5 Å². The van der Waals surface area contributed by atoms with Gasteiger partial charge in [0, 0.05) is 16.8 Å². The van der Waals surface area contributed by atoms with Crippen molar-refractivity contribution in [2.24, 2.45) is 0 Å². The molecule has 2 aromatic carbocycles. The van der Waals surface area contributed by atoms with E-state index in [0.29, 0.717) is 17.2 Å². The molecule has 0 aliphatic carbocycles. The van der Waals surface area contributed by atoms with Gasteiger partial charge in [0.05, 0.1) is 24.4 Å². The summed E-state index contributed by atoms with van der Waals surface area (Å²) in [6.07, 6.45) is 1.50. The van der Waals surface area contributed by atoms with Gasteiger partial charge in [-0.2, -0.15) is 0 Å². The number of sulfonamides is 1. The molecule has 0 bridgehead atoms. The predicted octanol–water partition coefficient (Wildman–Crippen LogP) is 4.02. The number of methoxy groups -OCH3 is 2. The molecule has 1 heterocycles. The second-order valence-corrected chi connectivity index (χ2v) is 9.71. The number of pyridine rings is 1. The SMILES string of the molecule is COc1ccc(S[C@H](C)C(=O)Nc2ccc(S(=O)(=O)Nc3ccccn3)cc2)cc1OC. The molecule has 32 heavy (non-hydrogen) atoms. The van der Waals surface area contributed by atoms with Crippen LogP contribution in [0.3, 0.4) is 0 Å². The van der Waals surface area contributed by atoms with Gasteiger partial charge in [0.25, 0.3) is 10.0 Å². The van der Waals surface area contributed by atoms with Crippen LogP contribution in [0, 0.1) is 0 Å². The maximum Gasteiger partial charge on any atom is 0.263 e. The van der Waals surface area contributed by atoms with Crippen molar-refractivity contribution < 1.29 is 22.7 Å². The normalized spacial score (nSPS) is 12.0. The molecule has 0 radical (unpaired) electrons. The molecule has 0 aliphatic heterocycles. The lowest BCUT2D eigenvalue weighted by molar-refractivity contribution is -0.115. The highest BCUT2D eigenvalue weighted by Gasteiger charge is 2.18. The van der Waals surface area contributed by atoms with Gasteiger partial charge in [-0.1, -0.05) is 6.07 Å². The van der Waals surface area contributed by atoms with Gasteiger partial charge < -0.3 is 14.8 Å². The quantitative estimate of drug-likeness (QED) is 0.452. The zero-order chi connectivity index (χ0) is 23.1. The topological polar surface area (TPSA) is 107 Å². The smallest absolute Gasteiger partial charge is 0.263 e. The first-order valence-electron chi connectivity index (χ1n) is 9.56. The highest BCUT2D eigenvalue weighted by atomic mass is 32.2. The standard InChI is InChI=1S/C22H23N3O5S2/c1-15(31-17-9-12-19(29-2)20(14-17)30-3)22(26)24-16-7-10-18(11-8-16)32(27,28)25-21-6-4-5-13-23-21/h4-15H,1-3H3,(H,23,25)(H,24,26)/t15-/m1/s1. The Labute approximate surface area is 191 Å². The third-order valence-corrected chi connectivity index (χ3v) is 6.84. The summed E-state index contributed by atoms with van der Waals surface area (Å²) in [4.78, 5) is 17.5. The molecule has 0 aliphatic rings. The number of anilines is 2. The van der Waals surface area contributed by atoms with Crippen LogP contribution in [0.1, 0.15) is 6.92 Å². The lowest BCUT2D eigenvalue weighted by Crippen LogP contribution is -2.22. The fourth-order valence-corrected chi connectivity index (χ4v) is 4.63. The van der Waals surface area contributed by atoms with Gasteiger partial charge in [-0.15, -0.1) is 11.8 Å². The van der Waals surface area contributed by atoms with Gasteiger partial charge in [-0.05, 0) is 61.5 Å². The first kappa shape index (κ1) is 23.4. The van der Waals surface area contributed by atoms with E-state index in [1.807, 2.05) is 12.1 Å². The predicted molar refractivity (Wildman–Crippen MR) is 125 cm³/mol. The molecule has 168 valence electrons. The van der Waals surface area contributed by atoms with Crippen molar-refractivity contribution in [1.82, 2.24) is 4.98 Å². The van der Waals surface area contributed by atoms with Crippen molar-refractivity contribution in [1.29, 1.82) is 0 Å². The Balaban J connectivity index is 1.63. The number of benzene rings is 2. The van der Waals surface area contributed by atoms with E-state index in [0.717, 1.165) is 4.90 Å². The van der Waals surface area contributed by atoms with Crippen LogP contribution in [-0.2, 0) is 14.8 Å². The van der Waals surface area contributed by atoms with Crippen molar-refractivity contribution in [3.05, 3.63) is 66.9 Å². The van der Waals surface area contributed by atoms with Crippen LogP contribution in [0.5, 0.6) is 11.5 Å². The van der Waals surface area contributed by atoms with Crippen LogP contribution in [0.2, 0.25) is 0 Å². The Morgan fingerprint density at radius 1 is 1.00 bits per heavy atom. The number of rotatable bonds is 9. The molecule has 8 nitrogen and oxygen atoms in total. The number of carbonyl (C=O) groups is 1. The molecule has 3 rings (SSSR count). The Hall–Kier alpha value is -3.24. The summed E-state index contributed by atoms with van der Waals surface area (Å²) in [7, 11) is -0.664. The molecular formula is C22H23N3O5S2. The Morgan fingerprint density at radius 2 is 1.72 bits per heavy atom. The number of nitrogens with one attached hydrogen (secondary N) is 2. The molecule has 0 saturated heterocycles. The first-order valence-corrected chi connectivity index (χ1v) is 11.9. The average molecular weight is 474 g/mol. The van der Waals surface area contributed by atoms with Gasteiger partial charge >= 0.3 is 0 Å². The summed E-state index contributed by atoms with van der Waals surface area (Å²) >= 11 is 1.37. The molecule has 0 fully saturated rings. The van der Waals surface area contributed by atoms with Crippen molar-refractivity contribution in [3.63, 3.8) is 0 Å². The zero-order valence-corrected chi connectivity index (χ0v) is 19.4. The van der Waals surface area contributed by atoms with E-state index in [1.54, 1.807) is 57.5 Å². The van der Waals surface area contributed by atoms with E-state index < -0.39 is 15.3 Å². The van der Waals surface area contributed by atoms with E-state index in [9.17, 15) is 13.2 Å². The summed E-state index contributed by atoms with van der Waals surface area (Å²) < 4.78 is 37.9. The Kier molecular flexibility index (Phi) is 7.60. The second-order valence-electron chi connectivity index (χ2n) is 6.61. The number of aromatic nitrogens is 1. The number of thioether (sulfide) groups is 1. The maximum atomic E-state index is 12.6. The van der Waals surface area contributed by atoms with E-state index >= 15 is 0 Å².